The van der Waals surface area contributed by atoms with Crippen molar-refractivity contribution in [1.82, 2.24) is 4.98 Å². The molecule has 3 aromatic carbocycles. The van der Waals surface area contributed by atoms with Gasteiger partial charge in [0.2, 0.25) is 5.89 Å². The topological polar surface area (TPSA) is 67.5 Å². The zero-order valence-corrected chi connectivity index (χ0v) is 14.5. The van der Waals surface area contributed by atoms with Gasteiger partial charge in [-0.3, -0.25) is 0 Å². The zero-order chi connectivity index (χ0) is 18.5. The Morgan fingerprint density at radius 1 is 0.852 bits per heavy atom. The molecule has 0 unspecified atom stereocenters. The van der Waals surface area contributed by atoms with Gasteiger partial charge in [0.05, 0.1) is 12.2 Å². The minimum absolute atomic E-state index is 0.215. The van der Waals surface area contributed by atoms with Gasteiger partial charge in [-0.1, -0.05) is 18.2 Å². The minimum atomic E-state index is 0.215. The fraction of sp³-hybridized carbons (Fsp3) is 0.0455. The maximum atomic E-state index is 9.35. The van der Waals surface area contributed by atoms with Crippen LogP contribution in [0.4, 0.5) is 5.69 Å². The van der Waals surface area contributed by atoms with E-state index < -0.39 is 0 Å². The summed E-state index contributed by atoms with van der Waals surface area (Å²) in [4.78, 5) is 4.46. The van der Waals surface area contributed by atoms with E-state index in [0.717, 1.165) is 28.4 Å². The van der Waals surface area contributed by atoms with Crippen molar-refractivity contribution in [2.45, 2.75) is 6.54 Å². The quantitative estimate of drug-likeness (QED) is 0.479. The number of hydrogen-bond donors (Lipinski definition) is 2. The largest absolute Gasteiger partial charge is 0.508 e. The van der Waals surface area contributed by atoms with Crippen LogP contribution in [0.3, 0.4) is 0 Å². The molecule has 5 heteroatoms. The number of benzene rings is 3. The van der Waals surface area contributed by atoms with Crippen molar-refractivity contribution in [2.75, 3.05) is 5.32 Å². The summed E-state index contributed by atoms with van der Waals surface area (Å²) < 4.78 is 11.3. The Kier molecular flexibility index (Phi) is 4.74. The van der Waals surface area contributed by atoms with Gasteiger partial charge in [0, 0.05) is 11.3 Å². The van der Waals surface area contributed by atoms with Gasteiger partial charge in [0.15, 0.2) is 0 Å². The Morgan fingerprint density at radius 2 is 1.56 bits per heavy atom. The van der Waals surface area contributed by atoms with E-state index in [1.165, 1.54) is 0 Å². The van der Waals surface area contributed by atoms with E-state index in [1.807, 2.05) is 54.6 Å². The van der Waals surface area contributed by atoms with Crippen molar-refractivity contribution in [1.29, 1.82) is 0 Å². The molecule has 0 atom stereocenters. The van der Waals surface area contributed by atoms with Crippen LogP contribution in [0.5, 0.6) is 17.2 Å². The molecule has 0 saturated carbocycles. The van der Waals surface area contributed by atoms with E-state index in [1.54, 1.807) is 30.5 Å². The second kappa shape index (κ2) is 7.66. The molecule has 1 aromatic heterocycles. The summed E-state index contributed by atoms with van der Waals surface area (Å²) in [7, 11) is 0. The van der Waals surface area contributed by atoms with Crippen molar-refractivity contribution >= 4 is 5.69 Å². The third kappa shape index (κ3) is 4.27. The maximum Gasteiger partial charge on any atom is 0.226 e. The van der Waals surface area contributed by atoms with Gasteiger partial charge in [-0.2, -0.15) is 0 Å². The van der Waals surface area contributed by atoms with Crippen LogP contribution in [0.15, 0.2) is 89.5 Å². The van der Waals surface area contributed by atoms with E-state index in [9.17, 15) is 5.11 Å². The molecule has 0 aliphatic carbocycles. The second-order valence-electron chi connectivity index (χ2n) is 5.98. The summed E-state index contributed by atoms with van der Waals surface area (Å²) in [5.74, 6) is 2.33. The minimum Gasteiger partial charge on any atom is -0.508 e. The Morgan fingerprint density at radius 3 is 2.30 bits per heavy atom. The van der Waals surface area contributed by atoms with Crippen molar-refractivity contribution in [3.05, 3.63) is 90.8 Å². The van der Waals surface area contributed by atoms with Gasteiger partial charge in [-0.25, -0.2) is 4.98 Å². The molecule has 1 heterocycles. The zero-order valence-electron chi connectivity index (χ0n) is 14.5. The SMILES string of the molecule is Oc1ccc(-c2nc(CNc3ccc(Oc4ccccc4)cc3)co2)cc1. The van der Waals surface area contributed by atoms with E-state index >= 15 is 0 Å². The summed E-state index contributed by atoms with van der Waals surface area (Å²) in [5, 5.41) is 12.7. The maximum absolute atomic E-state index is 9.35. The highest BCUT2D eigenvalue weighted by atomic mass is 16.5. The van der Waals surface area contributed by atoms with Crippen LogP contribution < -0.4 is 10.1 Å². The lowest BCUT2D eigenvalue weighted by Crippen LogP contribution is -1.99. The van der Waals surface area contributed by atoms with Crippen LogP contribution in [0, 0.1) is 0 Å². The molecule has 4 rings (SSSR count). The van der Waals surface area contributed by atoms with Crippen LogP contribution >= 0.6 is 0 Å². The number of oxazole rings is 1. The number of ether oxygens (including phenoxy) is 1. The number of aromatic nitrogens is 1. The van der Waals surface area contributed by atoms with Gasteiger partial charge in [-0.15, -0.1) is 0 Å². The highest BCUT2D eigenvalue weighted by molar-refractivity contribution is 5.54. The first-order valence-corrected chi connectivity index (χ1v) is 8.57. The van der Waals surface area contributed by atoms with E-state index in [4.69, 9.17) is 9.15 Å². The Hall–Kier alpha value is -3.73. The molecule has 0 bridgehead atoms. The molecule has 0 fully saturated rings. The first-order chi connectivity index (χ1) is 13.3. The number of nitrogens with one attached hydrogen (secondary N) is 1. The van der Waals surface area contributed by atoms with Gasteiger partial charge >= 0.3 is 0 Å². The van der Waals surface area contributed by atoms with E-state index in [2.05, 4.69) is 10.3 Å². The number of para-hydroxylation sites is 1. The average Bonchev–Trinajstić information content (AvgIpc) is 3.18. The fourth-order valence-corrected chi connectivity index (χ4v) is 2.58. The molecule has 0 saturated heterocycles. The van der Waals surface area contributed by atoms with Crippen LogP contribution in [0.25, 0.3) is 11.5 Å². The Bertz CT molecular complexity index is 994. The summed E-state index contributed by atoms with van der Waals surface area (Å²) in [6.07, 6.45) is 1.63. The number of aromatic hydroxyl groups is 1. The molecule has 0 aliphatic heterocycles. The van der Waals surface area contributed by atoms with Gasteiger partial charge in [0.25, 0.3) is 0 Å². The first-order valence-electron chi connectivity index (χ1n) is 8.57. The third-order valence-corrected chi connectivity index (χ3v) is 3.97. The predicted molar refractivity (Wildman–Crippen MR) is 104 cm³/mol. The van der Waals surface area contributed by atoms with Gasteiger partial charge in [0.1, 0.15) is 23.5 Å². The molecule has 5 nitrogen and oxygen atoms in total. The lowest BCUT2D eigenvalue weighted by atomic mass is 10.2. The predicted octanol–water partition coefficient (Wildman–Crippen LogP) is 5.45. The van der Waals surface area contributed by atoms with Crippen molar-refractivity contribution in [2.24, 2.45) is 0 Å². The van der Waals surface area contributed by atoms with E-state index in [-0.39, 0.29) is 5.75 Å². The van der Waals surface area contributed by atoms with Crippen LogP contribution in [-0.2, 0) is 6.54 Å². The molecule has 0 aliphatic rings. The molecule has 134 valence electrons. The summed E-state index contributed by atoms with van der Waals surface area (Å²) in [6.45, 7) is 0.542. The highest BCUT2D eigenvalue weighted by Gasteiger charge is 2.07. The number of hydrogen-bond acceptors (Lipinski definition) is 5. The summed E-state index contributed by atoms with van der Waals surface area (Å²) >= 11 is 0. The number of rotatable bonds is 6. The number of nitrogens with zero attached hydrogens (tertiary/aromatic N) is 1. The molecule has 2 N–H and O–H groups in total. The summed E-state index contributed by atoms with van der Waals surface area (Å²) in [6, 6.07) is 24.2. The van der Waals surface area contributed by atoms with Crippen LogP contribution in [-0.4, -0.2) is 10.1 Å². The van der Waals surface area contributed by atoms with Crippen LogP contribution in [0.2, 0.25) is 0 Å². The standard InChI is InChI=1S/C22H18N2O3/c25-19-10-6-16(7-11-19)22-24-18(15-26-22)14-23-17-8-12-21(13-9-17)27-20-4-2-1-3-5-20/h1-13,15,23,25H,14H2. The van der Waals surface area contributed by atoms with Gasteiger partial charge < -0.3 is 19.6 Å². The van der Waals surface area contributed by atoms with Crippen molar-refractivity contribution in [3.8, 4) is 28.7 Å². The molecule has 0 radical (unpaired) electrons. The number of anilines is 1. The molecular weight excluding hydrogens is 340 g/mol. The van der Waals surface area contributed by atoms with Crippen molar-refractivity contribution in [3.63, 3.8) is 0 Å². The molecule has 27 heavy (non-hydrogen) atoms. The molecule has 4 aromatic rings. The molecule has 0 spiro atoms. The third-order valence-electron chi connectivity index (χ3n) is 3.97. The fourth-order valence-electron chi connectivity index (χ4n) is 2.58. The summed E-state index contributed by atoms with van der Waals surface area (Å²) in [5.41, 5.74) is 2.58. The van der Waals surface area contributed by atoms with Crippen LogP contribution in [0.1, 0.15) is 5.69 Å². The smallest absolute Gasteiger partial charge is 0.226 e. The Balaban J connectivity index is 1.35. The highest BCUT2D eigenvalue weighted by Crippen LogP contribution is 2.24. The lowest BCUT2D eigenvalue weighted by molar-refractivity contribution is 0.475. The van der Waals surface area contributed by atoms with Crippen molar-refractivity contribution < 1.29 is 14.3 Å². The number of phenols is 1. The molecule has 0 amide bonds. The second-order valence-corrected chi connectivity index (χ2v) is 5.98. The first kappa shape index (κ1) is 16.7. The monoisotopic (exact) mass is 358 g/mol. The lowest BCUT2D eigenvalue weighted by Gasteiger charge is -2.07. The molecular formula is C22H18N2O3. The average molecular weight is 358 g/mol. The van der Waals surface area contributed by atoms with E-state index in [0.29, 0.717) is 12.4 Å². The Labute approximate surface area is 156 Å². The number of phenolic OH excluding ortho intramolecular Hbond substituents is 1. The van der Waals surface area contributed by atoms with Gasteiger partial charge in [-0.05, 0) is 60.7 Å². The normalized spacial score (nSPS) is 10.5.